The zero-order valence-corrected chi connectivity index (χ0v) is 15.2. The minimum absolute atomic E-state index is 0.114. The van der Waals surface area contributed by atoms with E-state index in [4.69, 9.17) is 9.47 Å². The third-order valence-corrected chi connectivity index (χ3v) is 5.33. The van der Waals surface area contributed by atoms with Crippen LogP contribution >= 0.6 is 0 Å². The number of sulfonamides is 1. The van der Waals surface area contributed by atoms with Crippen LogP contribution in [0.25, 0.3) is 0 Å². The van der Waals surface area contributed by atoms with Crippen molar-refractivity contribution >= 4 is 21.7 Å². The second-order valence-corrected chi connectivity index (χ2v) is 6.94. The van der Waals surface area contributed by atoms with Crippen molar-refractivity contribution in [1.82, 2.24) is 0 Å². The van der Waals surface area contributed by atoms with Crippen molar-refractivity contribution in [3.8, 4) is 11.5 Å². The molecule has 2 rings (SSSR count). The van der Waals surface area contributed by atoms with E-state index >= 15 is 0 Å². The summed E-state index contributed by atoms with van der Waals surface area (Å²) >= 11 is 0. The van der Waals surface area contributed by atoms with Crippen molar-refractivity contribution in [2.45, 2.75) is 4.90 Å². The van der Waals surface area contributed by atoms with E-state index in [1.807, 2.05) is 0 Å². The first-order chi connectivity index (χ1) is 12.3. The van der Waals surface area contributed by atoms with Crippen molar-refractivity contribution < 1.29 is 31.8 Å². The molecule has 0 saturated carbocycles. The second kappa shape index (κ2) is 8.05. The van der Waals surface area contributed by atoms with Crippen molar-refractivity contribution in [2.24, 2.45) is 0 Å². The summed E-state index contributed by atoms with van der Waals surface area (Å²) in [6, 6.07) is 8.74. The molecule has 0 heterocycles. The number of esters is 1. The first-order valence-corrected chi connectivity index (χ1v) is 8.84. The number of hydrogen-bond donors (Lipinski definition) is 0. The van der Waals surface area contributed by atoms with Gasteiger partial charge in [-0.15, -0.1) is 0 Å². The Morgan fingerprint density at radius 2 is 1.69 bits per heavy atom. The number of hydrogen-bond acceptors (Lipinski definition) is 6. The van der Waals surface area contributed by atoms with Crippen LogP contribution in [0.3, 0.4) is 0 Å². The highest BCUT2D eigenvalue weighted by molar-refractivity contribution is 7.92. The molecule has 140 valence electrons. The third kappa shape index (κ3) is 4.05. The Bertz CT molecular complexity index is 883. The topological polar surface area (TPSA) is 82.1 Å². The summed E-state index contributed by atoms with van der Waals surface area (Å²) < 4.78 is 55.0. The van der Waals surface area contributed by atoms with Crippen LogP contribution < -0.4 is 13.8 Å². The summed E-state index contributed by atoms with van der Waals surface area (Å²) in [4.78, 5) is 11.6. The van der Waals surface area contributed by atoms with E-state index in [-0.39, 0.29) is 16.3 Å². The van der Waals surface area contributed by atoms with Gasteiger partial charge in [-0.3, -0.25) is 9.10 Å². The Hall–Kier alpha value is -2.81. The maximum atomic E-state index is 13.1. The van der Waals surface area contributed by atoms with Gasteiger partial charge in [0.15, 0.2) is 0 Å². The highest BCUT2D eigenvalue weighted by Crippen LogP contribution is 2.35. The van der Waals surface area contributed by atoms with Gasteiger partial charge in [0.05, 0.1) is 31.9 Å². The number of ether oxygens (including phenoxy) is 3. The Morgan fingerprint density at radius 1 is 1.04 bits per heavy atom. The molecule has 0 spiro atoms. The van der Waals surface area contributed by atoms with Crippen molar-refractivity contribution in [3.63, 3.8) is 0 Å². The standard InChI is InChI=1S/C17H18FNO6S/c1-23-13-6-9-15(16(10-13)24-2)19(11-17(20)25-3)26(21,22)14-7-4-12(18)5-8-14/h4-10H,11H2,1-3H3. The Labute approximate surface area is 151 Å². The summed E-state index contributed by atoms with van der Waals surface area (Å²) in [5, 5.41) is 0. The Balaban J connectivity index is 2.60. The zero-order valence-electron chi connectivity index (χ0n) is 14.4. The molecule has 0 unspecified atom stereocenters. The SMILES string of the molecule is COC(=O)CN(c1ccc(OC)cc1OC)S(=O)(=O)c1ccc(F)cc1. The average Bonchev–Trinajstić information content (AvgIpc) is 2.65. The summed E-state index contributed by atoms with van der Waals surface area (Å²) in [5.74, 6) is -0.721. The van der Waals surface area contributed by atoms with Crippen LogP contribution in [-0.2, 0) is 19.6 Å². The molecule has 0 aromatic heterocycles. The van der Waals surface area contributed by atoms with E-state index in [9.17, 15) is 17.6 Å². The zero-order chi connectivity index (χ0) is 19.3. The smallest absolute Gasteiger partial charge is 0.326 e. The number of rotatable bonds is 7. The Kier molecular flexibility index (Phi) is 6.04. The van der Waals surface area contributed by atoms with Gasteiger partial charge in [-0.05, 0) is 36.4 Å². The van der Waals surface area contributed by atoms with Gasteiger partial charge in [-0.1, -0.05) is 0 Å². The number of carbonyl (C=O) groups is 1. The minimum atomic E-state index is -4.18. The van der Waals surface area contributed by atoms with Gasteiger partial charge in [0.2, 0.25) is 0 Å². The first kappa shape index (κ1) is 19.5. The summed E-state index contributed by atoms with van der Waals surface area (Å²) in [6.45, 7) is -0.584. The molecule has 0 radical (unpaired) electrons. The van der Waals surface area contributed by atoms with E-state index < -0.39 is 28.4 Å². The number of carbonyl (C=O) groups excluding carboxylic acids is 1. The summed E-state index contributed by atoms with van der Waals surface area (Å²) in [6.07, 6.45) is 0. The fraction of sp³-hybridized carbons (Fsp3) is 0.235. The van der Waals surface area contributed by atoms with Crippen LogP contribution in [0, 0.1) is 5.82 Å². The largest absolute Gasteiger partial charge is 0.497 e. The predicted octanol–water partition coefficient (Wildman–Crippen LogP) is 2.21. The highest BCUT2D eigenvalue weighted by Gasteiger charge is 2.30. The molecule has 0 aliphatic rings. The molecule has 0 N–H and O–H groups in total. The van der Waals surface area contributed by atoms with E-state index in [1.165, 1.54) is 32.4 Å². The number of benzene rings is 2. The van der Waals surface area contributed by atoms with E-state index in [0.29, 0.717) is 5.75 Å². The molecule has 0 saturated heterocycles. The monoisotopic (exact) mass is 383 g/mol. The molecular formula is C17H18FNO6S. The number of anilines is 1. The van der Waals surface area contributed by atoms with Gasteiger partial charge in [-0.2, -0.15) is 0 Å². The van der Waals surface area contributed by atoms with E-state index in [0.717, 1.165) is 35.7 Å². The minimum Gasteiger partial charge on any atom is -0.497 e. The quantitative estimate of drug-likeness (QED) is 0.682. The molecule has 0 bridgehead atoms. The molecule has 26 heavy (non-hydrogen) atoms. The van der Waals surface area contributed by atoms with Gasteiger partial charge < -0.3 is 14.2 Å². The molecule has 0 aliphatic heterocycles. The maximum absolute atomic E-state index is 13.1. The molecule has 9 heteroatoms. The lowest BCUT2D eigenvalue weighted by atomic mass is 10.2. The molecule has 2 aromatic carbocycles. The van der Waals surface area contributed by atoms with Crippen LogP contribution in [0.15, 0.2) is 47.4 Å². The fourth-order valence-corrected chi connectivity index (χ4v) is 3.63. The molecule has 0 fully saturated rings. The van der Waals surface area contributed by atoms with E-state index in [1.54, 1.807) is 0 Å². The number of halogens is 1. The molecule has 0 amide bonds. The maximum Gasteiger partial charge on any atom is 0.326 e. The molecular weight excluding hydrogens is 365 g/mol. The van der Waals surface area contributed by atoms with Crippen LogP contribution in [-0.4, -0.2) is 42.3 Å². The molecule has 0 atom stereocenters. The third-order valence-electron chi connectivity index (χ3n) is 3.56. The van der Waals surface area contributed by atoms with E-state index in [2.05, 4.69) is 4.74 Å². The second-order valence-electron chi connectivity index (χ2n) is 5.08. The van der Waals surface area contributed by atoms with Gasteiger partial charge in [-0.25, -0.2) is 12.8 Å². The normalized spacial score (nSPS) is 10.9. The lowest BCUT2D eigenvalue weighted by molar-refractivity contribution is -0.138. The van der Waals surface area contributed by atoms with Crippen LogP contribution in [0.1, 0.15) is 0 Å². The fourth-order valence-electron chi connectivity index (χ4n) is 2.21. The van der Waals surface area contributed by atoms with Crippen molar-refractivity contribution in [3.05, 3.63) is 48.3 Å². The molecule has 2 aromatic rings. The summed E-state index contributed by atoms with van der Waals surface area (Å²) in [5.41, 5.74) is 0.114. The molecule has 0 aliphatic carbocycles. The van der Waals surface area contributed by atoms with Gasteiger partial charge in [0, 0.05) is 6.07 Å². The highest BCUT2D eigenvalue weighted by atomic mass is 32.2. The van der Waals surface area contributed by atoms with Crippen molar-refractivity contribution in [1.29, 1.82) is 0 Å². The average molecular weight is 383 g/mol. The number of nitrogens with zero attached hydrogens (tertiary/aromatic N) is 1. The Morgan fingerprint density at radius 3 is 2.23 bits per heavy atom. The van der Waals surface area contributed by atoms with Gasteiger partial charge in [0.1, 0.15) is 23.9 Å². The predicted molar refractivity (Wildman–Crippen MR) is 92.5 cm³/mol. The summed E-state index contributed by atoms with van der Waals surface area (Å²) in [7, 11) is -0.220. The van der Waals surface area contributed by atoms with Gasteiger partial charge >= 0.3 is 5.97 Å². The first-order valence-electron chi connectivity index (χ1n) is 7.40. The molecule has 7 nitrogen and oxygen atoms in total. The lowest BCUT2D eigenvalue weighted by Crippen LogP contribution is -2.36. The van der Waals surface area contributed by atoms with Gasteiger partial charge in [0.25, 0.3) is 10.0 Å². The van der Waals surface area contributed by atoms with Crippen LogP contribution in [0.2, 0.25) is 0 Å². The van der Waals surface area contributed by atoms with Crippen molar-refractivity contribution in [2.75, 3.05) is 32.2 Å². The number of methoxy groups -OCH3 is 3. The lowest BCUT2D eigenvalue weighted by Gasteiger charge is -2.25. The van der Waals surface area contributed by atoms with Crippen LogP contribution in [0.4, 0.5) is 10.1 Å². The van der Waals surface area contributed by atoms with Crippen LogP contribution in [0.5, 0.6) is 11.5 Å².